The number of amides is 4. The van der Waals surface area contributed by atoms with Gasteiger partial charge in [0.15, 0.2) is 5.82 Å². The number of aromatic nitrogens is 2. The second-order valence-electron chi connectivity index (χ2n) is 7.43. The lowest BCUT2D eigenvalue weighted by Gasteiger charge is -2.19. The molecule has 1 aromatic carbocycles. The van der Waals surface area contributed by atoms with Gasteiger partial charge in [-0.05, 0) is 37.1 Å². The van der Waals surface area contributed by atoms with Gasteiger partial charge >= 0.3 is 6.03 Å². The molecule has 9 heteroatoms. The lowest BCUT2D eigenvalue weighted by Crippen LogP contribution is -2.44. The van der Waals surface area contributed by atoms with Gasteiger partial charge in [0.25, 0.3) is 5.91 Å². The molecule has 1 aliphatic carbocycles. The number of hydrogen-bond donors (Lipinski definition) is 2. The van der Waals surface area contributed by atoms with Crippen LogP contribution in [-0.4, -0.2) is 50.2 Å². The molecule has 1 saturated heterocycles. The topological polar surface area (TPSA) is 113 Å². The molecule has 1 aromatic heterocycles. The Hall–Kier alpha value is -3.49. The van der Waals surface area contributed by atoms with Crippen LogP contribution in [0, 0.1) is 0 Å². The monoisotopic (exact) mass is 395 g/mol. The summed E-state index contributed by atoms with van der Waals surface area (Å²) in [6, 6.07) is 5.85. The van der Waals surface area contributed by atoms with E-state index in [1.165, 1.54) is 0 Å². The number of carbonyl (C=O) groups excluding carboxylic acids is 4. The fraction of sp³-hybridized carbons (Fsp3) is 0.350. The number of imidazole rings is 1. The van der Waals surface area contributed by atoms with Crippen LogP contribution in [0.4, 0.5) is 10.5 Å². The van der Waals surface area contributed by atoms with Crippen molar-refractivity contribution in [3.8, 4) is 0 Å². The number of urea groups is 1. The second kappa shape index (κ2) is 7.16. The Bertz CT molecular complexity index is 989. The Labute approximate surface area is 167 Å². The Morgan fingerprint density at radius 2 is 1.86 bits per heavy atom. The zero-order chi connectivity index (χ0) is 20.6. The van der Waals surface area contributed by atoms with Gasteiger partial charge in [0.2, 0.25) is 11.7 Å². The van der Waals surface area contributed by atoms with Crippen molar-refractivity contribution in [1.29, 1.82) is 0 Å². The predicted molar refractivity (Wildman–Crippen MR) is 103 cm³/mol. The fourth-order valence-electron chi connectivity index (χ4n) is 3.90. The van der Waals surface area contributed by atoms with Crippen LogP contribution in [0.5, 0.6) is 0 Å². The van der Waals surface area contributed by atoms with E-state index in [1.54, 1.807) is 48.3 Å². The van der Waals surface area contributed by atoms with Crippen molar-refractivity contribution < 1.29 is 19.2 Å². The Morgan fingerprint density at radius 1 is 1.17 bits per heavy atom. The average Bonchev–Trinajstić information content (AvgIpc) is 3.39. The van der Waals surface area contributed by atoms with E-state index in [1.807, 2.05) is 0 Å². The molecule has 2 aromatic rings. The normalized spacial score (nSPS) is 17.6. The minimum absolute atomic E-state index is 0.225. The van der Waals surface area contributed by atoms with Crippen LogP contribution in [0.1, 0.15) is 41.9 Å². The standard InChI is InChI=1S/C20H21N5O4/c1-24-11-10-21-17(24)16(27)13-4-6-14(7-5-13)22-15(26)12-25-18(28)20(23-19(25)29)8-2-3-9-20/h4-7,10-11H,2-3,8-9,12H2,1H3,(H,22,26)(H,23,29). The highest BCUT2D eigenvalue weighted by Gasteiger charge is 2.52. The summed E-state index contributed by atoms with van der Waals surface area (Å²) >= 11 is 0. The summed E-state index contributed by atoms with van der Waals surface area (Å²) in [6.07, 6.45) is 6.23. The van der Waals surface area contributed by atoms with E-state index in [2.05, 4.69) is 15.6 Å². The van der Waals surface area contributed by atoms with E-state index in [9.17, 15) is 19.2 Å². The highest BCUT2D eigenvalue weighted by atomic mass is 16.2. The molecule has 2 fully saturated rings. The number of rotatable bonds is 5. The zero-order valence-corrected chi connectivity index (χ0v) is 16.0. The number of imide groups is 1. The molecule has 0 bridgehead atoms. The molecule has 29 heavy (non-hydrogen) atoms. The van der Waals surface area contributed by atoms with Crippen LogP contribution in [0.25, 0.3) is 0 Å². The third-order valence-corrected chi connectivity index (χ3v) is 5.46. The van der Waals surface area contributed by atoms with Crippen LogP contribution >= 0.6 is 0 Å². The number of anilines is 1. The molecule has 0 atom stereocenters. The van der Waals surface area contributed by atoms with Gasteiger partial charge in [-0.2, -0.15) is 0 Å². The molecule has 2 heterocycles. The van der Waals surface area contributed by atoms with Gasteiger partial charge in [-0.15, -0.1) is 0 Å². The van der Waals surface area contributed by atoms with E-state index >= 15 is 0 Å². The number of carbonyl (C=O) groups is 4. The van der Waals surface area contributed by atoms with Crippen molar-refractivity contribution in [2.24, 2.45) is 7.05 Å². The van der Waals surface area contributed by atoms with Crippen molar-refractivity contribution >= 4 is 29.3 Å². The molecule has 0 unspecified atom stereocenters. The number of benzene rings is 1. The van der Waals surface area contributed by atoms with E-state index in [0.29, 0.717) is 29.9 Å². The Balaban J connectivity index is 1.39. The number of ketones is 1. The molecule has 4 amide bonds. The minimum atomic E-state index is -0.829. The molecule has 0 radical (unpaired) electrons. The third-order valence-electron chi connectivity index (χ3n) is 5.46. The van der Waals surface area contributed by atoms with Crippen LogP contribution in [0.2, 0.25) is 0 Å². The summed E-state index contributed by atoms with van der Waals surface area (Å²) in [5, 5.41) is 5.40. The summed E-state index contributed by atoms with van der Waals surface area (Å²) in [5.74, 6) is -0.712. The average molecular weight is 395 g/mol. The summed E-state index contributed by atoms with van der Waals surface area (Å²) in [5.41, 5.74) is 0.0771. The lowest BCUT2D eigenvalue weighted by molar-refractivity contribution is -0.133. The minimum Gasteiger partial charge on any atom is -0.331 e. The van der Waals surface area contributed by atoms with Crippen LogP contribution in [-0.2, 0) is 16.6 Å². The molecule has 1 aliphatic heterocycles. The largest absolute Gasteiger partial charge is 0.331 e. The van der Waals surface area contributed by atoms with Gasteiger partial charge in [-0.25, -0.2) is 9.78 Å². The molecule has 1 saturated carbocycles. The smallest absolute Gasteiger partial charge is 0.325 e. The van der Waals surface area contributed by atoms with Crippen LogP contribution in [0.15, 0.2) is 36.7 Å². The van der Waals surface area contributed by atoms with Crippen molar-refractivity contribution in [3.05, 3.63) is 48.0 Å². The Kier molecular flexibility index (Phi) is 4.65. The lowest BCUT2D eigenvalue weighted by atomic mass is 9.98. The molecule has 4 rings (SSSR count). The summed E-state index contributed by atoms with van der Waals surface area (Å²) < 4.78 is 1.63. The van der Waals surface area contributed by atoms with Crippen molar-refractivity contribution in [1.82, 2.24) is 19.8 Å². The number of aryl methyl sites for hydroxylation is 1. The maximum absolute atomic E-state index is 12.6. The maximum Gasteiger partial charge on any atom is 0.325 e. The van der Waals surface area contributed by atoms with Crippen molar-refractivity contribution in [2.45, 2.75) is 31.2 Å². The first-order valence-corrected chi connectivity index (χ1v) is 9.46. The quantitative estimate of drug-likeness (QED) is 0.588. The van der Waals surface area contributed by atoms with Gasteiger partial charge in [0, 0.05) is 30.7 Å². The third kappa shape index (κ3) is 3.39. The van der Waals surface area contributed by atoms with Gasteiger partial charge in [-0.3, -0.25) is 19.3 Å². The predicted octanol–water partition coefficient (Wildman–Crippen LogP) is 1.45. The van der Waals surface area contributed by atoms with E-state index in [-0.39, 0.29) is 18.2 Å². The number of nitrogens with one attached hydrogen (secondary N) is 2. The van der Waals surface area contributed by atoms with Crippen LogP contribution < -0.4 is 10.6 Å². The first-order valence-electron chi connectivity index (χ1n) is 9.46. The van der Waals surface area contributed by atoms with Gasteiger partial charge in [0.1, 0.15) is 12.1 Å². The van der Waals surface area contributed by atoms with Gasteiger partial charge in [0.05, 0.1) is 0 Å². The molecule has 2 N–H and O–H groups in total. The zero-order valence-electron chi connectivity index (χ0n) is 16.0. The molecule has 1 spiro atoms. The number of nitrogens with zero attached hydrogens (tertiary/aromatic N) is 3. The first-order chi connectivity index (χ1) is 13.9. The fourth-order valence-corrected chi connectivity index (χ4v) is 3.90. The van der Waals surface area contributed by atoms with Gasteiger partial charge < -0.3 is 15.2 Å². The van der Waals surface area contributed by atoms with E-state index in [4.69, 9.17) is 0 Å². The first kappa shape index (κ1) is 18.9. The molecular formula is C20H21N5O4. The maximum atomic E-state index is 12.6. The van der Waals surface area contributed by atoms with Gasteiger partial charge in [-0.1, -0.05) is 12.8 Å². The Morgan fingerprint density at radius 3 is 2.48 bits per heavy atom. The van der Waals surface area contributed by atoms with Crippen molar-refractivity contribution in [2.75, 3.05) is 11.9 Å². The molecule has 150 valence electrons. The highest BCUT2D eigenvalue weighted by Crippen LogP contribution is 2.34. The van der Waals surface area contributed by atoms with Crippen molar-refractivity contribution in [3.63, 3.8) is 0 Å². The summed E-state index contributed by atoms with van der Waals surface area (Å²) in [7, 11) is 1.74. The highest BCUT2D eigenvalue weighted by molar-refractivity contribution is 6.10. The molecule has 2 aliphatic rings. The summed E-state index contributed by atoms with van der Waals surface area (Å²) in [6.45, 7) is -0.347. The summed E-state index contributed by atoms with van der Waals surface area (Å²) in [4.78, 5) is 54.5. The van der Waals surface area contributed by atoms with E-state index < -0.39 is 17.5 Å². The molecule has 9 nitrogen and oxygen atoms in total. The SMILES string of the molecule is Cn1ccnc1C(=O)c1ccc(NC(=O)CN2C(=O)NC3(CCCC3)C2=O)cc1. The number of hydrogen-bond acceptors (Lipinski definition) is 5. The van der Waals surface area contributed by atoms with Crippen LogP contribution in [0.3, 0.4) is 0 Å². The van der Waals surface area contributed by atoms with E-state index in [0.717, 1.165) is 17.7 Å². The molecular weight excluding hydrogens is 374 g/mol. The second-order valence-corrected chi connectivity index (χ2v) is 7.43.